The van der Waals surface area contributed by atoms with Crippen LogP contribution in [0, 0.1) is 0 Å². The molecule has 1 aliphatic rings. The molecular weight excluding hydrogens is 234 g/mol. The van der Waals surface area contributed by atoms with Gasteiger partial charge in [0.25, 0.3) is 0 Å². The monoisotopic (exact) mass is 253 g/mol. The molecule has 6 nitrogen and oxygen atoms in total. The molecular formula is C12H19N3O3. The first-order chi connectivity index (χ1) is 8.54. The highest BCUT2D eigenvalue weighted by atomic mass is 16.2. The van der Waals surface area contributed by atoms with Gasteiger partial charge in [-0.1, -0.05) is 6.08 Å². The van der Waals surface area contributed by atoms with Gasteiger partial charge in [0.1, 0.15) is 12.1 Å². The summed E-state index contributed by atoms with van der Waals surface area (Å²) in [5, 5.41) is 5.12. The highest BCUT2D eigenvalue weighted by Gasteiger charge is 2.29. The van der Waals surface area contributed by atoms with Gasteiger partial charge in [-0.05, 0) is 25.7 Å². The predicted octanol–water partition coefficient (Wildman–Crippen LogP) is -0.409. The second-order valence-corrected chi connectivity index (χ2v) is 4.34. The molecule has 4 N–H and O–H groups in total. The molecule has 0 aromatic rings. The van der Waals surface area contributed by atoms with Crippen LogP contribution in [0.1, 0.15) is 32.1 Å². The maximum Gasteiger partial charge on any atom is 0.243 e. The molecule has 0 bridgehead atoms. The third kappa shape index (κ3) is 4.20. The van der Waals surface area contributed by atoms with E-state index in [-0.39, 0.29) is 11.8 Å². The molecule has 0 spiro atoms. The van der Waals surface area contributed by atoms with E-state index >= 15 is 0 Å². The molecule has 18 heavy (non-hydrogen) atoms. The van der Waals surface area contributed by atoms with Gasteiger partial charge >= 0.3 is 0 Å². The molecule has 0 saturated carbocycles. The third-order valence-electron chi connectivity index (χ3n) is 2.87. The zero-order valence-corrected chi connectivity index (χ0v) is 10.3. The molecule has 6 heteroatoms. The first-order valence-electron chi connectivity index (χ1n) is 6.04. The molecule has 2 atom stereocenters. The van der Waals surface area contributed by atoms with Gasteiger partial charge in [-0.25, -0.2) is 0 Å². The number of rotatable bonds is 7. The second kappa shape index (κ2) is 6.78. The quantitative estimate of drug-likeness (QED) is 0.424. The first-order valence-corrected chi connectivity index (χ1v) is 6.04. The maximum atomic E-state index is 11.8. The fourth-order valence-electron chi connectivity index (χ4n) is 1.83. The summed E-state index contributed by atoms with van der Waals surface area (Å²) >= 11 is 0. The number of carbonyl (C=O) groups is 3. The number of nitrogens with two attached hydrogens (primary N) is 1. The van der Waals surface area contributed by atoms with Gasteiger partial charge in [-0.15, -0.1) is 6.58 Å². The highest BCUT2D eigenvalue weighted by Crippen LogP contribution is 2.08. The maximum absolute atomic E-state index is 11.8. The molecule has 1 aliphatic heterocycles. The molecule has 0 aromatic carbocycles. The summed E-state index contributed by atoms with van der Waals surface area (Å²) in [7, 11) is 0. The van der Waals surface area contributed by atoms with E-state index in [0.29, 0.717) is 19.3 Å². The molecule has 1 heterocycles. The van der Waals surface area contributed by atoms with Crippen LogP contribution in [0.4, 0.5) is 0 Å². The van der Waals surface area contributed by atoms with Gasteiger partial charge in [-0.3, -0.25) is 14.4 Å². The fourth-order valence-corrected chi connectivity index (χ4v) is 1.83. The molecule has 1 fully saturated rings. The van der Waals surface area contributed by atoms with Crippen molar-refractivity contribution in [2.75, 3.05) is 0 Å². The minimum absolute atomic E-state index is 0.141. The lowest BCUT2D eigenvalue weighted by Crippen LogP contribution is -2.50. The average molecular weight is 253 g/mol. The number of hydrogen-bond acceptors (Lipinski definition) is 3. The number of unbranched alkanes of at least 4 members (excludes halogenated alkanes) is 1. The Bertz CT molecular complexity index is 354. The van der Waals surface area contributed by atoms with Crippen LogP contribution in [0.25, 0.3) is 0 Å². The van der Waals surface area contributed by atoms with Gasteiger partial charge < -0.3 is 16.4 Å². The molecule has 0 aliphatic carbocycles. The van der Waals surface area contributed by atoms with Gasteiger partial charge in [0, 0.05) is 6.42 Å². The highest BCUT2D eigenvalue weighted by molar-refractivity contribution is 5.93. The van der Waals surface area contributed by atoms with E-state index in [2.05, 4.69) is 17.2 Å². The Balaban J connectivity index is 2.44. The predicted molar refractivity (Wildman–Crippen MR) is 66.3 cm³/mol. The Morgan fingerprint density at radius 3 is 2.83 bits per heavy atom. The van der Waals surface area contributed by atoms with Crippen molar-refractivity contribution in [2.45, 2.75) is 44.2 Å². The van der Waals surface area contributed by atoms with Crippen molar-refractivity contribution in [2.24, 2.45) is 5.73 Å². The zero-order valence-electron chi connectivity index (χ0n) is 10.3. The number of primary amides is 1. The van der Waals surface area contributed by atoms with Crippen LogP contribution in [0.3, 0.4) is 0 Å². The van der Waals surface area contributed by atoms with Crippen LogP contribution in [0.2, 0.25) is 0 Å². The Morgan fingerprint density at radius 1 is 1.61 bits per heavy atom. The Kier molecular flexibility index (Phi) is 5.35. The van der Waals surface area contributed by atoms with Crippen molar-refractivity contribution < 1.29 is 14.4 Å². The molecule has 0 aromatic heterocycles. The molecule has 0 unspecified atom stereocenters. The van der Waals surface area contributed by atoms with Gasteiger partial charge in [0.05, 0.1) is 0 Å². The summed E-state index contributed by atoms with van der Waals surface area (Å²) in [6.07, 6.45) is 4.53. The summed E-state index contributed by atoms with van der Waals surface area (Å²) < 4.78 is 0. The van der Waals surface area contributed by atoms with Crippen LogP contribution < -0.4 is 16.4 Å². The first kappa shape index (κ1) is 14.2. The number of carbonyl (C=O) groups excluding carboxylic acids is 3. The van der Waals surface area contributed by atoms with Crippen molar-refractivity contribution in [3.63, 3.8) is 0 Å². The summed E-state index contributed by atoms with van der Waals surface area (Å²) in [5.74, 6) is -1.04. The van der Waals surface area contributed by atoms with Crippen molar-refractivity contribution in [3.05, 3.63) is 12.7 Å². The van der Waals surface area contributed by atoms with E-state index in [1.54, 1.807) is 6.08 Å². The lowest BCUT2D eigenvalue weighted by molar-refractivity contribution is -0.129. The number of allylic oxidation sites excluding steroid dienone is 1. The van der Waals surface area contributed by atoms with Gasteiger partial charge in [-0.2, -0.15) is 0 Å². The molecule has 1 rings (SSSR count). The normalized spacial score (nSPS) is 20.0. The standard InChI is InChI=1S/C12H19N3O3/c1-2-3-4-5-8(11(13)17)15-12(18)9-6-7-10(16)14-9/h2,8-9H,1,3-7H2,(H2,13,17)(H,14,16)(H,15,18)/t8-,9-/m1/s1. The van der Waals surface area contributed by atoms with Crippen molar-refractivity contribution in [1.82, 2.24) is 10.6 Å². The van der Waals surface area contributed by atoms with E-state index in [1.807, 2.05) is 0 Å². The number of amides is 3. The molecule has 0 radical (unpaired) electrons. The fraction of sp³-hybridized carbons (Fsp3) is 0.583. The van der Waals surface area contributed by atoms with Crippen LogP contribution in [0.15, 0.2) is 12.7 Å². The molecule has 100 valence electrons. The van der Waals surface area contributed by atoms with E-state index < -0.39 is 18.0 Å². The smallest absolute Gasteiger partial charge is 0.243 e. The van der Waals surface area contributed by atoms with Crippen molar-refractivity contribution >= 4 is 17.7 Å². The summed E-state index contributed by atoms with van der Waals surface area (Å²) in [6.45, 7) is 3.58. The van der Waals surface area contributed by atoms with Crippen molar-refractivity contribution in [1.29, 1.82) is 0 Å². The van der Waals surface area contributed by atoms with Crippen LogP contribution in [-0.2, 0) is 14.4 Å². The van der Waals surface area contributed by atoms with Crippen LogP contribution in [0.5, 0.6) is 0 Å². The number of nitrogens with one attached hydrogen (secondary N) is 2. The minimum atomic E-state index is -0.685. The second-order valence-electron chi connectivity index (χ2n) is 4.34. The SMILES string of the molecule is C=CCCC[C@@H](NC(=O)[C@H]1CCC(=O)N1)C(N)=O. The van der Waals surface area contributed by atoms with Crippen LogP contribution in [-0.4, -0.2) is 29.8 Å². The van der Waals surface area contributed by atoms with Gasteiger partial charge in [0.2, 0.25) is 17.7 Å². The Morgan fingerprint density at radius 2 is 2.33 bits per heavy atom. The summed E-state index contributed by atoms with van der Waals surface area (Å²) in [4.78, 5) is 34.0. The Labute approximate surface area is 106 Å². The zero-order chi connectivity index (χ0) is 13.5. The van der Waals surface area contributed by atoms with E-state index in [0.717, 1.165) is 12.8 Å². The van der Waals surface area contributed by atoms with Crippen molar-refractivity contribution in [3.8, 4) is 0 Å². The van der Waals surface area contributed by atoms with E-state index in [1.165, 1.54) is 0 Å². The Hall–Kier alpha value is -1.85. The number of hydrogen-bond donors (Lipinski definition) is 3. The third-order valence-corrected chi connectivity index (χ3v) is 2.87. The lowest BCUT2D eigenvalue weighted by Gasteiger charge is -2.17. The lowest BCUT2D eigenvalue weighted by atomic mass is 10.1. The van der Waals surface area contributed by atoms with E-state index in [9.17, 15) is 14.4 Å². The largest absolute Gasteiger partial charge is 0.368 e. The van der Waals surface area contributed by atoms with Crippen LogP contribution >= 0.6 is 0 Å². The minimum Gasteiger partial charge on any atom is -0.368 e. The summed E-state index contributed by atoms with van der Waals surface area (Å²) in [5.41, 5.74) is 5.23. The van der Waals surface area contributed by atoms with E-state index in [4.69, 9.17) is 5.73 Å². The topological polar surface area (TPSA) is 101 Å². The van der Waals surface area contributed by atoms with Gasteiger partial charge in [0.15, 0.2) is 0 Å². The summed E-state index contributed by atoms with van der Waals surface area (Å²) in [6, 6.07) is -1.23. The average Bonchev–Trinajstić information content (AvgIpc) is 2.74. The molecule has 3 amide bonds. The molecule has 1 saturated heterocycles.